The van der Waals surface area contributed by atoms with Gasteiger partial charge in [0.1, 0.15) is 8.07 Å². The molecule has 0 saturated heterocycles. The van der Waals surface area contributed by atoms with E-state index in [4.69, 9.17) is 11.6 Å². The Balaban J connectivity index is 5.26. The summed E-state index contributed by atoms with van der Waals surface area (Å²) in [6.07, 6.45) is 1.75. The highest BCUT2D eigenvalue weighted by Crippen LogP contribution is 2.40. The van der Waals surface area contributed by atoms with Crippen molar-refractivity contribution in [3.8, 4) is 11.5 Å². The van der Waals surface area contributed by atoms with Gasteiger partial charge in [0.15, 0.2) is 0 Å². The van der Waals surface area contributed by atoms with Crippen LogP contribution in [0.5, 0.6) is 0 Å². The zero-order valence-electron chi connectivity index (χ0n) is 10.8. The van der Waals surface area contributed by atoms with Crippen LogP contribution < -0.4 is 0 Å². The van der Waals surface area contributed by atoms with Crippen molar-refractivity contribution in [2.24, 2.45) is 0 Å². The summed E-state index contributed by atoms with van der Waals surface area (Å²) in [7, 11) is -1.54. The van der Waals surface area contributed by atoms with Crippen molar-refractivity contribution in [1.29, 1.82) is 0 Å². The van der Waals surface area contributed by atoms with E-state index in [1.165, 1.54) is 5.54 Å². The standard InChI is InChI=1S/C13H23ClSi/c1-11(2)15(12(3)4,13(5)6)10-8-7-9-14/h7,9,11-13H,1-6H3/b9-7-. The highest BCUT2D eigenvalue weighted by molar-refractivity contribution is 6.90. The molecule has 0 aromatic heterocycles. The fourth-order valence-corrected chi connectivity index (χ4v) is 7.89. The average Bonchev–Trinajstić information content (AvgIpc) is 2.10. The van der Waals surface area contributed by atoms with Gasteiger partial charge < -0.3 is 0 Å². The average molecular weight is 243 g/mol. The number of allylic oxidation sites excluding steroid dienone is 1. The van der Waals surface area contributed by atoms with E-state index in [1.807, 2.05) is 0 Å². The van der Waals surface area contributed by atoms with E-state index in [2.05, 4.69) is 53.0 Å². The minimum absolute atomic E-state index is 0.689. The third-order valence-electron chi connectivity index (χ3n) is 3.30. The van der Waals surface area contributed by atoms with Crippen LogP contribution in [0.3, 0.4) is 0 Å². The zero-order chi connectivity index (χ0) is 12.1. The third kappa shape index (κ3) is 3.40. The van der Waals surface area contributed by atoms with Crippen LogP contribution >= 0.6 is 11.6 Å². The smallest absolute Gasteiger partial charge is 0.126 e. The van der Waals surface area contributed by atoms with Crippen molar-refractivity contribution >= 4 is 19.7 Å². The highest BCUT2D eigenvalue weighted by Gasteiger charge is 2.41. The van der Waals surface area contributed by atoms with Gasteiger partial charge in [0, 0.05) is 5.54 Å². The van der Waals surface area contributed by atoms with Gasteiger partial charge in [0.25, 0.3) is 0 Å². The summed E-state index contributed by atoms with van der Waals surface area (Å²) in [4.78, 5) is 0. The lowest BCUT2D eigenvalue weighted by Crippen LogP contribution is -2.43. The molecule has 0 heterocycles. The predicted molar refractivity (Wildman–Crippen MR) is 73.8 cm³/mol. The Labute approximate surface area is 101 Å². The molecule has 0 bridgehead atoms. The molecule has 0 amide bonds. The van der Waals surface area contributed by atoms with E-state index in [0.29, 0.717) is 16.6 Å². The second-order valence-corrected chi connectivity index (χ2v) is 10.8. The van der Waals surface area contributed by atoms with Crippen molar-refractivity contribution in [3.63, 3.8) is 0 Å². The summed E-state index contributed by atoms with van der Waals surface area (Å²) < 4.78 is 0. The van der Waals surface area contributed by atoms with Gasteiger partial charge in [-0.3, -0.25) is 0 Å². The monoisotopic (exact) mass is 242 g/mol. The van der Waals surface area contributed by atoms with Gasteiger partial charge in [0.2, 0.25) is 0 Å². The molecule has 0 saturated carbocycles. The Bertz CT molecular complexity index is 244. The first-order chi connectivity index (χ1) is 6.89. The first-order valence-corrected chi connectivity index (χ1v) is 8.34. The lowest BCUT2D eigenvalue weighted by molar-refractivity contribution is 0.838. The van der Waals surface area contributed by atoms with Crippen LogP contribution in [0.2, 0.25) is 16.6 Å². The molecular formula is C13H23ClSi. The molecule has 0 aliphatic carbocycles. The van der Waals surface area contributed by atoms with Gasteiger partial charge in [-0.05, 0) is 22.7 Å². The molecule has 0 N–H and O–H groups in total. The molecule has 0 aromatic rings. The number of hydrogen-bond acceptors (Lipinski definition) is 0. The summed E-state index contributed by atoms with van der Waals surface area (Å²) in [5.74, 6) is 3.12. The SMILES string of the molecule is CC(C)[Si](C#C/C=C\Cl)(C(C)C)C(C)C. The Hall–Kier alpha value is -0.193. The minimum Gasteiger partial charge on any atom is -0.126 e. The van der Waals surface area contributed by atoms with E-state index >= 15 is 0 Å². The van der Waals surface area contributed by atoms with Crippen molar-refractivity contribution in [2.75, 3.05) is 0 Å². The molecule has 15 heavy (non-hydrogen) atoms. The molecule has 0 atom stereocenters. The van der Waals surface area contributed by atoms with Crippen LogP contribution in [-0.2, 0) is 0 Å². The van der Waals surface area contributed by atoms with Crippen LogP contribution in [0, 0.1) is 11.5 Å². The second kappa shape index (κ2) is 6.40. The van der Waals surface area contributed by atoms with Gasteiger partial charge in [-0.15, -0.1) is 5.54 Å². The first-order valence-electron chi connectivity index (χ1n) is 5.67. The molecule has 0 spiro atoms. The first kappa shape index (κ1) is 14.8. The van der Waals surface area contributed by atoms with E-state index < -0.39 is 8.07 Å². The maximum atomic E-state index is 5.50. The summed E-state index contributed by atoms with van der Waals surface area (Å²) in [5.41, 5.74) is 7.11. The fourth-order valence-electron chi connectivity index (χ4n) is 2.63. The maximum Gasteiger partial charge on any atom is 0.146 e. The molecule has 0 nitrogen and oxygen atoms in total. The van der Waals surface area contributed by atoms with Gasteiger partial charge in [0.05, 0.1) is 0 Å². The van der Waals surface area contributed by atoms with E-state index in [1.54, 1.807) is 6.08 Å². The molecule has 0 aliphatic heterocycles. The van der Waals surface area contributed by atoms with Gasteiger partial charge in [-0.1, -0.05) is 59.1 Å². The van der Waals surface area contributed by atoms with Crippen LogP contribution in [0.1, 0.15) is 41.5 Å². The third-order valence-corrected chi connectivity index (χ3v) is 9.74. The highest BCUT2D eigenvalue weighted by atomic mass is 35.5. The van der Waals surface area contributed by atoms with Gasteiger partial charge >= 0.3 is 0 Å². The Morgan fingerprint density at radius 3 is 1.60 bits per heavy atom. The summed E-state index contributed by atoms with van der Waals surface area (Å²) in [6.45, 7) is 13.9. The van der Waals surface area contributed by atoms with Crippen molar-refractivity contribution in [2.45, 2.75) is 58.2 Å². The van der Waals surface area contributed by atoms with Crippen molar-refractivity contribution < 1.29 is 0 Å². The largest absolute Gasteiger partial charge is 0.146 e. The quantitative estimate of drug-likeness (QED) is 0.485. The summed E-state index contributed by atoms with van der Waals surface area (Å²) in [5, 5.41) is 0. The Morgan fingerprint density at radius 2 is 1.33 bits per heavy atom. The van der Waals surface area contributed by atoms with E-state index in [-0.39, 0.29) is 0 Å². The lowest BCUT2D eigenvalue weighted by atomic mass is 10.5. The van der Waals surface area contributed by atoms with Crippen LogP contribution in [-0.4, -0.2) is 8.07 Å². The summed E-state index contributed by atoms with van der Waals surface area (Å²) in [6, 6.07) is 0. The molecule has 0 aliphatic rings. The number of hydrogen-bond donors (Lipinski definition) is 0. The molecule has 0 aromatic carbocycles. The molecule has 0 fully saturated rings. The molecule has 0 unspecified atom stereocenters. The molecular weight excluding hydrogens is 220 g/mol. The minimum atomic E-state index is -1.54. The topological polar surface area (TPSA) is 0 Å². The van der Waals surface area contributed by atoms with E-state index in [0.717, 1.165) is 0 Å². The van der Waals surface area contributed by atoms with Crippen LogP contribution in [0.25, 0.3) is 0 Å². The summed E-state index contributed by atoms with van der Waals surface area (Å²) >= 11 is 5.50. The van der Waals surface area contributed by atoms with Crippen molar-refractivity contribution in [3.05, 3.63) is 11.6 Å². The molecule has 86 valence electrons. The molecule has 0 radical (unpaired) electrons. The Morgan fingerprint density at radius 1 is 0.933 bits per heavy atom. The number of rotatable bonds is 3. The number of halogens is 1. The van der Waals surface area contributed by atoms with Crippen molar-refractivity contribution in [1.82, 2.24) is 0 Å². The van der Waals surface area contributed by atoms with Crippen LogP contribution in [0.4, 0.5) is 0 Å². The molecule has 0 rings (SSSR count). The zero-order valence-corrected chi connectivity index (χ0v) is 12.5. The molecule has 2 heteroatoms. The normalized spacial score (nSPS) is 12.7. The van der Waals surface area contributed by atoms with Crippen LogP contribution in [0.15, 0.2) is 11.6 Å². The maximum absolute atomic E-state index is 5.50. The fraction of sp³-hybridized carbons (Fsp3) is 0.692. The van der Waals surface area contributed by atoms with Gasteiger partial charge in [-0.25, -0.2) is 0 Å². The van der Waals surface area contributed by atoms with E-state index in [9.17, 15) is 0 Å². The Kier molecular flexibility index (Phi) is 6.32. The predicted octanol–water partition coefficient (Wildman–Crippen LogP) is 4.96. The second-order valence-electron chi connectivity index (χ2n) is 4.96. The van der Waals surface area contributed by atoms with Gasteiger partial charge in [-0.2, -0.15) is 0 Å². The lowest BCUT2D eigenvalue weighted by Gasteiger charge is -2.37.